The van der Waals surface area contributed by atoms with E-state index in [1.54, 1.807) is 6.07 Å². The average Bonchev–Trinajstić information content (AvgIpc) is 2.47. The molecule has 2 aromatic rings. The Labute approximate surface area is 132 Å². The summed E-state index contributed by atoms with van der Waals surface area (Å²) in [7, 11) is 0. The lowest BCUT2D eigenvalue weighted by Gasteiger charge is -2.25. The summed E-state index contributed by atoms with van der Waals surface area (Å²) >= 11 is 3.37. The minimum Gasteiger partial charge on any atom is -0.399 e. The number of primary amides is 1. The summed E-state index contributed by atoms with van der Waals surface area (Å²) in [6, 6.07) is 13.3. The van der Waals surface area contributed by atoms with Crippen molar-refractivity contribution in [3.05, 3.63) is 58.1 Å². The van der Waals surface area contributed by atoms with Crippen molar-refractivity contribution in [3.63, 3.8) is 0 Å². The monoisotopic (exact) mass is 347 g/mol. The minimum absolute atomic E-state index is 0.429. The Balaban J connectivity index is 2.33. The molecule has 0 saturated carbocycles. The van der Waals surface area contributed by atoms with Crippen LogP contribution in [0.5, 0.6) is 0 Å². The number of carbonyl (C=O) groups is 1. The third kappa shape index (κ3) is 3.76. The molecule has 0 fully saturated rings. The molecule has 0 aromatic heterocycles. The number of hydrogen-bond acceptors (Lipinski definition) is 3. The standard InChI is InChI=1S/C16H18BrN3O/c1-2-20(10-11-3-6-13(18)7-4-11)15-8-5-12(17)9-14(15)16(19)21/h3-9H,2,10,18H2,1H3,(H2,19,21). The van der Waals surface area contributed by atoms with Crippen LogP contribution in [0.2, 0.25) is 0 Å². The van der Waals surface area contributed by atoms with Gasteiger partial charge in [0.25, 0.3) is 5.91 Å². The van der Waals surface area contributed by atoms with Crippen LogP contribution in [-0.2, 0) is 6.54 Å². The molecule has 1 amide bonds. The molecule has 0 saturated heterocycles. The zero-order chi connectivity index (χ0) is 15.4. The first-order valence-corrected chi connectivity index (χ1v) is 7.49. The van der Waals surface area contributed by atoms with Crippen LogP contribution in [0, 0.1) is 0 Å². The molecule has 2 aromatic carbocycles. The normalized spacial score (nSPS) is 10.4. The maximum atomic E-state index is 11.6. The average molecular weight is 348 g/mol. The zero-order valence-corrected chi connectivity index (χ0v) is 13.4. The molecular formula is C16H18BrN3O. The Hall–Kier alpha value is -2.01. The second-order valence-electron chi connectivity index (χ2n) is 4.78. The van der Waals surface area contributed by atoms with Gasteiger partial charge in [-0.3, -0.25) is 4.79 Å². The van der Waals surface area contributed by atoms with Crippen LogP contribution in [-0.4, -0.2) is 12.5 Å². The maximum absolute atomic E-state index is 11.6. The molecule has 4 nitrogen and oxygen atoms in total. The number of nitrogen functional groups attached to an aromatic ring is 1. The highest BCUT2D eigenvalue weighted by Crippen LogP contribution is 2.26. The van der Waals surface area contributed by atoms with E-state index in [1.165, 1.54) is 0 Å². The predicted molar refractivity (Wildman–Crippen MR) is 90.2 cm³/mol. The molecule has 0 spiro atoms. The van der Waals surface area contributed by atoms with E-state index >= 15 is 0 Å². The van der Waals surface area contributed by atoms with E-state index in [9.17, 15) is 4.79 Å². The highest BCUT2D eigenvalue weighted by Gasteiger charge is 2.14. The first kappa shape index (κ1) is 15.4. The van der Waals surface area contributed by atoms with Gasteiger partial charge < -0.3 is 16.4 Å². The number of rotatable bonds is 5. The van der Waals surface area contributed by atoms with Crippen LogP contribution in [0.4, 0.5) is 11.4 Å². The Morgan fingerprint density at radius 2 is 1.86 bits per heavy atom. The summed E-state index contributed by atoms with van der Waals surface area (Å²) in [5.74, 6) is -0.429. The number of nitrogens with zero attached hydrogens (tertiary/aromatic N) is 1. The van der Waals surface area contributed by atoms with Crippen LogP contribution in [0.25, 0.3) is 0 Å². The fourth-order valence-corrected chi connectivity index (χ4v) is 2.55. The first-order chi connectivity index (χ1) is 10.0. The van der Waals surface area contributed by atoms with Gasteiger partial charge in [-0.15, -0.1) is 0 Å². The molecular weight excluding hydrogens is 330 g/mol. The molecule has 0 aliphatic heterocycles. The van der Waals surface area contributed by atoms with Crippen molar-refractivity contribution in [1.82, 2.24) is 0 Å². The van der Waals surface area contributed by atoms with Crippen molar-refractivity contribution < 1.29 is 4.79 Å². The molecule has 0 unspecified atom stereocenters. The molecule has 0 aliphatic carbocycles. The van der Waals surface area contributed by atoms with E-state index in [2.05, 4.69) is 20.8 Å². The summed E-state index contributed by atoms with van der Waals surface area (Å²) in [6.07, 6.45) is 0. The number of amides is 1. The van der Waals surface area contributed by atoms with E-state index in [0.29, 0.717) is 12.1 Å². The molecule has 0 heterocycles. The Kier molecular flexibility index (Phi) is 4.85. The second-order valence-corrected chi connectivity index (χ2v) is 5.70. The van der Waals surface area contributed by atoms with E-state index in [4.69, 9.17) is 11.5 Å². The van der Waals surface area contributed by atoms with Gasteiger partial charge in [0.15, 0.2) is 0 Å². The van der Waals surface area contributed by atoms with Crippen molar-refractivity contribution in [3.8, 4) is 0 Å². The largest absolute Gasteiger partial charge is 0.399 e. The molecule has 0 aliphatic rings. The number of anilines is 2. The molecule has 0 bridgehead atoms. The highest BCUT2D eigenvalue weighted by molar-refractivity contribution is 9.10. The Bertz CT molecular complexity index is 640. The number of carbonyl (C=O) groups excluding carboxylic acids is 1. The fourth-order valence-electron chi connectivity index (χ4n) is 2.19. The summed E-state index contributed by atoms with van der Waals surface area (Å²) in [5, 5.41) is 0. The van der Waals surface area contributed by atoms with E-state index in [0.717, 1.165) is 28.0 Å². The number of benzene rings is 2. The Morgan fingerprint density at radius 3 is 2.43 bits per heavy atom. The fraction of sp³-hybridized carbons (Fsp3) is 0.188. The lowest BCUT2D eigenvalue weighted by atomic mass is 10.1. The van der Waals surface area contributed by atoms with Crippen molar-refractivity contribution >= 4 is 33.2 Å². The van der Waals surface area contributed by atoms with Gasteiger partial charge in [-0.1, -0.05) is 28.1 Å². The molecule has 5 heteroatoms. The quantitative estimate of drug-likeness (QED) is 0.816. The van der Waals surface area contributed by atoms with Crippen LogP contribution in [0.15, 0.2) is 46.9 Å². The zero-order valence-electron chi connectivity index (χ0n) is 11.8. The molecule has 2 rings (SSSR count). The molecule has 4 N–H and O–H groups in total. The minimum atomic E-state index is -0.429. The summed E-state index contributed by atoms with van der Waals surface area (Å²) in [5.41, 5.74) is 14.4. The van der Waals surface area contributed by atoms with Gasteiger partial charge >= 0.3 is 0 Å². The number of halogens is 1. The van der Waals surface area contributed by atoms with Gasteiger partial charge in [-0.25, -0.2) is 0 Å². The SMILES string of the molecule is CCN(Cc1ccc(N)cc1)c1ccc(Br)cc1C(N)=O. The van der Waals surface area contributed by atoms with Crippen LogP contribution in [0.3, 0.4) is 0 Å². The molecule has 110 valence electrons. The van der Waals surface area contributed by atoms with Gasteiger partial charge in [-0.05, 0) is 42.8 Å². The van der Waals surface area contributed by atoms with Gasteiger partial charge in [-0.2, -0.15) is 0 Å². The third-order valence-corrected chi connectivity index (χ3v) is 3.79. The van der Waals surface area contributed by atoms with Gasteiger partial charge in [0.05, 0.1) is 5.56 Å². The van der Waals surface area contributed by atoms with Gasteiger partial charge in [0.2, 0.25) is 0 Å². The van der Waals surface area contributed by atoms with Crippen molar-refractivity contribution in [2.45, 2.75) is 13.5 Å². The Morgan fingerprint density at radius 1 is 1.19 bits per heavy atom. The first-order valence-electron chi connectivity index (χ1n) is 6.70. The molecule has 0 atom stereocenters. The molecule has 21 heavy (non-hydrogen) atoms. The van der Waals surface area contributed by atoms with E-state index in [-0.39, 0.29) is 0 Å². The van der Waals surface area contributed by atoms with E-state index in [1.807, 2.05) is 43.3 Å². The van der Waals surface area contributed by atoms with Crippen molar-refractivity contribution in [1.29, 1.82) is 0 Å². The summed E-state index contributed by atoms with van der Waals surface area (Å²) < 4.78 is 0.837. The van der Waals surface area contributed by atoms with Crippen molar-refractivity contribution in [2.75, 3.05) is 17.2 Å². The third-order valence-electron chi connectivity index (χ3n) is 3.30. The van der Waals surface area contributed by atoms with E-state index < -0.39 is 5.91 Å². The second kappa shape index (κ2) is 6.63. The summed E-state index contributed by atoms with van der Waals surface area (Å²) in [6.45, 7) is 3.51. The topological polar surface area (TPSA) is 72.3 Å². The van der Waals surface area contributed by atoms with Crippen molar-refractivity contribution in [2.24, 2.45) is 5.73 Å². The summed E-state index contributed by atoms with van der Waals surface area (Å²) in [4.78, 5) is 13.8. The highest BCUT2D eigenvalue weighted by atomic mass is 79.9. The maximum Gasteiger partial charge on any atom is 0.250 e. The van der Waals surface area contributed by atoms with Crippen LogP contribution < -0.4 is 16.4 Å². The smallest absolute Gasteiger partial charge is 0.250 e. The predicted octanol–water partition coefficient (Wildman–Crippen LogP) is 3.16. The number of hydrogen-bond donors (Lipinski definition) is 2. The molecule has 0 radical (unpaired) electrons. The lowest BCUT2D eigenvalue weighted by molar-refractivity contribution is 0.100. The van der Waals surface area contributed by atoms with Gasteiger partial charge in [0.1, 0.15) is 0 Å². The lowest BCUT2D eigenvalue weighted by Crippen LogP contribution is -2.25. The van der Waals surface area contributed by atoms with Crippen LogP contribution in [0.1, 0.15) is 22.8 Å². The van der Waals surface area contributed by atoms with Gasteiger partial charge in [0, 0.05) is 28.9 Å². The number of nitrogens with two attached hydrogens (primary N) is 2. The van der Waals surface area contributed by atoms with Crippen LogP contribution >= 0.6 is 15.9 Å².